The SMILES string of the molecule is CCCCOc1cc2c3c(c(=O)oc2cc1C)CCCC3. The van der Waals surface area contributed by atoms with Crippen molar-refractivity contribution < 1.29 is 9.15 Å². The second-order valence-corrected chi connectivity index (χ2v) is 5.87. The number of fused-ring (bicyclic) bond motifs is 3. The summed E-state index contributed by atoms with van der Waals surface area (Å²) in [6.45, 7) is 4.89. The standard InChI is InChI=1S/C18H22O3/c1-3-4-9-20-16-11-15-13-7-5-6-8-14(13)18(19)21-17(15)10-12(16)2/h10-11H,3-9H2,1-2H3. The summed E-state index contributed by atoms with van der Waals surface area (Å²) in [4.78, 5) is 12.1. The van der Waals surface area contributed by atoms with Gasteiger partial charge in [-0.1, -0.05) is 13.3 Å². The fraction of sp³-hybridized carbons (Fsp3) is 0.500. The van der Waals surface area contributed by atoms with Gasteiger partial charge in [-0.05, 0) is 62.3 Å². The second kappa shape index (κ2) is 5.92. The van der Waals surface area contributed by atoms with Crippen molar-refractivity contribution in [3.05, 3.63) is 39.2 Å². The van der Waals surface area contributed by atoms with Crippen molar-refractivity contribution in [3.63, 3.8) is 0 Å². The fourth-order valence-electron chi connectivity index (χ4n) is 3.05. The zero-order chi connectivity index (χ0) is 14.8. The topological polar surface area (TPSA) is 39.4 Å². The highest BCUT2D eigenvalue weighted by Gasteiger charge is 2.19. The Morgan fingerprint density at radius 3 is 2.71 bits per heavy atom. The van der Waals surface area contributed by atoms with Crippen molar-refractivity contribution in [3.8, 4) is 5.75 Å². The molecule has 1 heterocycles. The summed E-state index contributed by atoms with van der Waals surface area (Å²) >= 11 is 0. The number of hydrogen-bond acceptors (Lipinski definition) is 3. The summed E-state index contributed by atoms with van der Waals surface area (Å²) in [5, 5.41) is 1.06. The van der Waals surface area contributed by atoms with E-state index < -0.39 is 0 Å². The maximum Gasteiger partial charge on any atom is 0.339 e. The third-order valence-corrected chi connectivity index (χ3v) is 4.27. The van der Waals surface area contributed by atoms with Crippen LogP contribution in [0.25, 0.3) is 11.0 Å². The van der Waals surface area contributed by atoms with Crippen LogP contribution in [0.5, 0.6) is 5.75 Å². The van der Waals surface area contributed by atoms with Gasteiger partial charge in [0.2, 0.25) is 0 Å². The highest BCUT2D eigenvalue weighted by molar-refractivity contribution is 5.84. The molecular weight excluding hydrogens is 264 g/mol. The fourth-order valence-corrected chi connectivity index (χ4v) is 3.05. The summed E-state index contributed by atoms with van der Waals surface area (Å²) in [6.07, 6.45) is 6.21. The zero-order valence-corrected chi connectivity index (χ0v) is 12.8. The lowest BCUT2D eigenvalue weighted by molar-refractivity contribution is 0.307. The second-order valence-electron chi connectivity index (χ2n) is 5.87. The van der Waals surface area contributed by atoms with Gasteiger partial charge in [0.15, 0.2) is 0 Å². The highest BCUT2D eigenvalue weighted by Crippen LogP contribution is 2.31. The summed E-state index contributed by atoms with van der Waals surface area (Å²) in [6, 6.07) is 4.00. The smallest absolute Gasteiger partial charge is 0.339 e. The van der Waals surface area contributed by atoms with E-state index in [2.05, 4.69) is 13.0 Å². The van der Waals surface area contributed by atoms with Gasteiger partial charge in [0.1, 0.15) is 11.3 Å². The van der Waals surface area contributed by atoms with Crippen LogP contribution in [0.4, 0.5) is 0 Å². The van der Waals surface area contributed by atoms with Crippen LogP contribution >= 0.6 is 0 Å². The van der Waals surface area contributed by atoms with Gasteiger partial charge in [0.05, 0.1) is 6.61 Å². The van der Waals surface area contributed by atoms with E-state index in [1.165, 1.54) is 5.56 Å². The molecule has 0 radical (unpaired) electrons. The molecule has 0 unspecified atom stereocenters. The average Bonchev–Trinajstić information content (AvgIpc) is 2.49. The lowest BCUT2D eigenvalue weighted by Crippen LogP contribution is -2.16. The molecule has 0 aliphatic heterocycles. The molecule has 0 N–H and O–H groups in total. The first kappa shape index (κ1) is 14.2. The van der Waals surface area contributed by atoms with Gasteiger partial charge in [-0.15, -0.1) is 0 Å². The molecule has 3 nitrogen and oxygen atoms in total. The molecule has 0 saturated heterocycles. The lowest BCUT2D eigenvalue weighted by Gasteiger charge is -2.17. The minimum absolute atomic E-state index is 0.156. The number of benzene rings is 1. The van der Waals surface area contributed by atoms with Crippen LogP contribution in [0.3, 0.4) is 0 Å². The lowest BCUT2D eigenvalue weighted by atomic mass is 9.90. The number of unbranched alkanes of at least 4 members (excludes halogenated alkanes) is 1. The Balaban J connectivity index is 2.10. The normalized spacial score (nSPS) is 14.2. The molecule has 0 bridgehead atoms. The Labute approximate surface area is 124 Å². The summed E-state index contributed by atoms with van der Waals surface area (Å²) in [5.74, 6) is 0.914. The summed E-state index contributed by atoms with van der Waals surface area (Å²) in [7, 11) is 0. The molecule has 0 amide bonds. The number of rotatable bonds is 4. The quantitative estimate of drug-likeness (QED) is 0.626. The molecule has 1 aliphatic rings. The number of hydrogen-bond donors (Lipinski definition) is 0. The van der Waals surface area contributed by atoms with Crippen LogP contribution in [-0.4, -0.2) is 6.61 Å². The largest absolute Gasteiger partial charge is 0.493 e. The van der Waals surface area contributed by atoms with E-state index in [1.54, 1.807) is 0 Å². The maximum atomic E-state index is 12.1. The van der Waals surface area contributed by atoms with Crippen LogP contribution in [0, 0.1) is 6.92 Å². The molecule has 0 fully saturated rings. The molecule has 21 heavy (non-hydrogen) atoms. The van der Waals surface area contributed by atoms with E-state index in [-0.39, 0.29) is 5.63 Å². The van der Waals surface area contributed by atoms with Crippen LogP contribution in [0.1, 0.15) is 49.3 Å². The first-order valence-corrected chi connectivity index (χ1v) is 7.92. The molecule has 0 spiro atoms. The van der Waals surface area contributed by atoms with E-state index >= 15 is 0 Å². The van der Waals surface area contributed by atoms with Gasteiger partial charge in [0.25, 0.3) is 0 Å². The zero-order valence-electron chi connectivity index (χ0n) is 12.8. The Hall–Kier alpha value is -1.77. The predicted molar refractivity (Wildman–Crippen MR) is 84.3 cm³/mol. The van der Waals surface area contributed by atoms with Crippen molar-refractivity contribution in [1.82, 2.24) is 0 Å². The average molecular weight is 286 g/mol. The van der Waals surface area contributed by atoms with E-state index in [0.29, 0.717) is 5.58 Å². The van der Waals surface area contributed by atoms with Gasteiger partial charge in [0, 0.05) is 10.9 Å². The monoisotopic (exact) mass is 286 g/mol. The third-order valence-electron chi connectivity index (χ3n) is 4.27. The minimum atomic E-state index is -0.156. The Bertz CT molecular complexity index is 712. The molecule has 1 aromatic heterocycles. The Morgan fingerprint density at radius 1 is 1.19 bits per heavy atom. The van der Waals surface area contributed by atoms with Crippen LogP contribution in [0.2, 0.25) is 0 Å². The first-order valence-electron chi connectivity index (χ1n) is 7.92. The Morgan fingerprint density at radius 2 is 1.95 bits per heavy atom. The van der Waals surface area contributed by atoms with E-state index in [1.807, 2.05) is 13.0 Å². The molecule has 0 atom stereocenters. The maximum absolute atomic E-state index is 12.1. The molecule has 1 aliphatic carbocycles. The molecule has 1 aromatic carbocycles. The molecular formula is C18H22O3. The predicted octanol–water partition coefficient (Wildman–Crippen LogP) is 4.16. The summed E-state index contributed by atoms with van der Waals surface area (Å²) in [5.41, 5.74) is 3.61. The molecule has 2 aromatic rings. The molecule has 3 rings (SSSR count). The van der Waals surface area contributed by atoms with Crippen molar-refractivity contribution >= 4 is 11.0 Å². The van der Waals surface area contributed by atoms with Crippen molar-refractivity contribution in [2.45, 2.75) is 52.4 Å². The molecule has 3 heteroatoms. The highest BCUT2D eigenvalue weighted by atomic mass is 16.5. The third kappa shape index (κ3) is 2.69. The van der Waals surface area contributed by atoms with Crippen LogP contribution < -0.4 is 10.4 Å². The van der Waals surface area contributed by atoms with Gasteiger partial charge >= 0.3 is 5.63 Å². The number of ether oxygens (including phenoxy) is 1. The van der Waals surface area contributed by atoms with Crippen LogP contribution in [0.15, 0.2) is 21.3 Å². The van der Waals surface area contributed by atoms with Gasteiger partial charge in [-0.3, -0.25) is 0 Å². The molecule has 112 valence electrons. The van der Waals surface area contributed by atoms with Crippen LogP contribution in [-0.2, 0) is 12.8 Å². The van der Waals surface area contributed by atoms with Gasteiger partial charge < -0.3 is 9.15 Å². The first-order chi connectivity index (χ1) is 10.2. The molecule has 0 saturated carbocycles. The minimum Gasteiger partial charge on any atom is -0.493 e. The summed E-state index contributed by atoms with van der Waals surface area (Å²) < 4.78 is 11.4. The van der Waals surface area contributed by atoms with E-state index in [9.17, 15) is 4.79 Å². The van der Waals surface area contributed by atoms with E-state index in [0.717, 1.165) is 67.4 Å². The van der Waals surface area contributed by atoms with Crippen molar-refractivity contribution in [2.24, 2.45) is 0 Å². The van der Waals surface area contributed by atoms with Crippen molar-refractivity contribution in [1.29, 1.82) is 0 Å². The van der Waals surface area contributed by atoms with Gasteiger partial charge in [-0.25, -0.2) is 4.79 Å². The van der Waals surface area contributed by atoms with Crippen molar-refractivity contribution in [2.75, 3.05) is 6.61 Å². The van der Waals surface area contributed by atoms with Gasteiger partial charge in [-0.2, -0.15) is 0 Å². The van der Waals surface area contributed by atoms with E-state index in [4.69, 9.17) is 9.15 Å². The number of aryl methyl sites for hydroxylation is 2. The Kier molecular flexibility index (Phi) is 4.00.